The van der Waals surface area contributed by atoms with Gasteiger partial charge in [0, 0.05) is 12.7 Å². The molecular weight excluding hydrogens is 152 g/mol. The molecule has 0 aliphatic rings. The van der Waals surface area contributed by atoms with Crippen molar-refractivity contribution in [3.05, 3.63) is 23.0 Å². The van der Waals surface area contributed by atoms with E-state index in [4.69, 9.17) is 0 Å². The summed E-state index contributed by atoms with van der Waals surface area (Å²) >= 11 is 0. The molecule has 0 aliphatic heterocycles. The minimum absolute atomic E-state index is 0.308. The van der Waals surface area contributed by atoms with Crippen LogP contribution in [0.2, 0.25) is 0 Å². The third-order valence-corrected chi connectivity index (χ3v) is 1.96. The third kappa shape index (κ3) is 1.56. The van der Waals surface area contributed by atoms with Crippen LogP contribution in [0.1, 0.15) is 16.8 Å². The van der Waals surface area contributed by atoms with Crippen molar-refractivity contribution < 1.29 is 5.11 Å². The van der Waals surface area contributed by atoms with Gasteiger partial charge in [0.1, 0.15) is 5.75 Å². The Morgan fingerprint density at radius 3 is 2.75 bits per heavy atom. The van der Waals surface area contributed by atoms with Gasteiger partial charge >= 0.3 is 0 Å². The van der Waals surface area contributed by atoms with Crippen LogP contribution in [0.4, 0.5) is 0 Å². The van der Waals surface area contributed by atoms with E-state index < -0.39 is 0 Å². The molecule has 0 bridgehead atoms. The van der Waals surface area contributed by atoms with Gasteiger partial charge in [0.05, 0.1) is 5.69 Å². The number of aromatic hydroxyl groups is 1. The molecule has 0 amide bonds. The zero-order chi connectivity index (χ0) is 9.14. The maximum atomic E-state index is 9.52. The van der Waals surface area contributed by atoms with Gasteiger partial charge in [0.2, 0.25) is 0 Å². The Balaban J connectivity index is 3.08. The molecule has 0 spiro atoms. The lowest BCUT2D eigenvalue weighted by molar-refractivity contribution is 0.461. The summed E-state index contributed by atoms with van der Waals surface area (Å²) in [5.41, 5.74) is 2.64. The van der Waals surface area contributed by atoms with E-state index in [1.165, 1.54) is 0 Å². The number of aryl methyl sites for hydroxylation is 1. The van der Waals surface area contributed by atoms with Crippen LogP contribution in [0, 0.1) is 13.8 Å². The van der Waals surface area contributed by atoms with Gasteiger partial charge in [-0.25, -0.2) is 0 Å². The van der Waals surface area contributed by atoms with Crippen molar-refractivity contribution in [1.29, 1.82) is 0 Å². The van der Waals surface area contributed by atoms with Crippen LogP contribution >= 0.6 is 0 Å². The van der Waals surface area contributed by atoms with Gasteiger partial charge in [0.15, 0.2) is 0 Å². The van der Waals surface area contributed by atoms with Gasteiger partial charge in [-0.15, -0.1) is 0 Å². The Kier molecular flexibility index (Phi) is 2.65. The highest BCUT2D eigenvalue weighted by molar-refractivity contribution is 5.39. The first-order valence-corrected chi connectivity index (χ1v) is 3.95. The lowest BCUT2D eigenvalue weighted by Crippen LogP contribution is -2.07. The molecule has 66 valence electrons. The average Bonchev–Trinajstić information content (AvgIpc) is 2.07. The first-order valence-electron chi connectivity index (χ1n) is 3.95. The summed E-state index contributed by atoms with van der Waals surface area (Å²) in [7, 11) is 1.87. The van der Waals surface area contributed by atoms with E-state index in [9.17, 15) is 5.11 Å². The maximum Gasteiger partial charge on any atom is 0.139 e. The summed E-state index contributed by atoms with van der Waals surface area (Å²) in [5.74, 6) is 0.308. The number of nitrogens with zero attached hydrogens (tertiary/aromatic N) is 1. The van der Waals surface area contributed by atoms with Crippen molar-refractivity contribution in [3.8, 4) is 5.75 Å². The van der Waals surface area contributed by atoms with Crippen molar-refractivity contribution in [3.63, 3.8) is 0 Å². The molecule has 0 unspecified atom stereocenters. The standard InChI is InChI=1S/C9H14N2O/c1-6-8(4-10-3)5-11-7(2)9(6)12/h5,10,12H,4H2,1-3H3. The van der Waals surface area contributed by atoms with E-state index >= 15 is 0 Å². The van der Waals surface area contributed by atoms with Gasteiger partial charge in [-0.1, -0.05) is 0 Å². The molecule has 1 aromatic rings. The van der Waals surface area contributed by atoms with Gasteiger partial charge < -0.3 is 10.4 Å². The molecule has 0 saturated carbocycles. The highest BCUT2D eigenvalue weighted by Gasteiger charge is 2.05. The molecule has 1 heterocycles. The normalized spacial score (nSPS) is 10.2. The number of pyridine rings is 1. The second kappa shape index (κ2) is 3.54. The van der Waals surface area contributed by atoms with Crippen LogP contribution in [0.5, 0.6) is 5.75 Å². The summed E-state index contributed by atoms with van der Waals surface area (Å²) in [6.07, 6.45) is 1.79. The van der Waals surface area contributed by atoms with Gasteiger partial charge in [-0.05, 0) is 32.0 Å². The Morgan fingerprint density at radius 1 is 1.50 bits per heavy atom. The topological polar surface area (TPSA) is 45.2 Å². The zero-order valence-corrected chi connectivity index (χ0v) is 7.68. The van der Waals surface area contributed by atoms with Gasteiger partial charge in [-0.3, -0.25) is 4.98 Å². The molecule has 1 rings (SSSR count). The van der Waals surface area contributed by atoms with Crippen molar-refractivity contribution in [1.82, 2.24) is 10.3 Å². The molecule has 3 heteroatoms. The van der Waals surface area contributed by atoms with Crippen molar-refractivity contribution in [2.24, 2.45) is 0 Å². The van der Waals surface area contributed by atoms with Gasteiger partial charge in [-0.2, -0.15) is 0 Å². The Morgan fingerprint density at radius 2 is 2.17 bits per heavy atom. The predicted octanol–water partition coefficient (Wildman–Crippen LogP) is 1.12. The summed E-state index contributed by atoms with van der Waals surface area (Å²) in [6.45, 7) is 4.44. The molecule has 1 aromatic heterocycles. The highest BCUT2D eigenvalue weighted by atomic mass is 16.3. The van der Waals surface area contributed by atoms with Crippen LogP contribution in [-0.4, -0.2) is 17.1 Å². The number of hydrogen-bond acceptors (Lipinski definition) is 3. The van der Waals surface area contributed by atoms with Crippen LogP contribution in [-0.2, 0) is 6.54 Å². The average molecular weight is 166 g/mol. The van der Waals surface area contributed by atoms with Crippen LogP contribution in [0.15, 0.2) is 6.20 Å². The molecule has 0 aliphatic carbocycles. The smallest absolute Gasteiger partial charge is 0.139 e. The fraction of sp³-hybridized carbons (Fsp3) is 0.444. The van der Waals surface area contributed by atoms with Gasteiger partial charge in [0.25, 0.3) is 0 Å². The Labute approximate surface area is 72.5 Å². The van der Waals surface area contributed by atoms with E-state index in [1.807, 2.05) is 14.0 Å². The SMILES string of the molecule is CNCc1cnc(C)c(O)c1C. The predicted molar refractivity (Wildman–Crippen MR) is 48.1 cm³/mol. The van der Waals surface area contributed by atoms with Crippen LogP contribution < -0.4 is 5.32 Å². The molecule has 0 aromatic carbocycles. The Bertz CT molecular complexity index is 284. The molecule has 12 heavy (non-hydrogen) atoms. The summed E-state index contributed by atoms with van der Waals surface area (Å²) < 4.78 is 0. The first-order chi connectivity index (χ1) is 5.66. The second-order valence-corrected chi connectivity index (χ2v) is 2.87. The minimum atomic E-state index is 0.308. The first kappa shape index (κ1) is 9.00. The molecule has 0 saturated heterocycles. The van der Waals surface area contributed by atoms with E-state index in [2.05, 4.69) is 10.3 Å². The number of hydrogen-bond donors (Lipinski definition) is 2. The number of rotatable bonds is 2. The lowest BCUT2D eigenvalue weighted by Gasteiger charge is -2.07. The second-order valence-electron chi connectivity index (χ2n) is 2.87. The van der Waals surface area contributed by atoms with E-state index in [0.717, 1.165) is 17.7 Å². The van der Waals surface area contributed by atoms with Crippen molar-refractivity contribution >= 4 is 0 Å². The largest absolute Gasteiger partial charge is 0.506 e. The van der Waals surface area contributed by atoms with Crippen LogP contribution in [0.3, 0.4) is 0 Å². The molecule has 2 N–H and O–H groups in total. The maximum absolute atomic E-state index is 9.52. The molecule has 0 fully saturated rings. The molecule has 0 atom stereocenters. The summed E-state index contributed by atoms with van der Waals surface area (Å²) in [4.78, 5) is 4.07. The summed E-state index contributed by atoms with van der Waals surface area (Å²) in [6, 6.07) is 0. The summed E-state index contributed by atoms with van der Waals surface area (Å²) in [5, 5.41) is 12.5. The third-order valence-electron chi connectivity index (χ3n) is 1.96. The minimum Gasteiger partial charge on any atom is -0.506 e. The zero-order valence-electron chi connectivity index (χ0n) is 7.68. The van der Waals surface area contributed by atoms with Crippen molar-refractivity contribution in [2.45, 2.75) is 20.4 Å². The van der Waals surface area contributed by atoms with E-state index in [-0.39, 0.29) is 0 Å². The lowest BCUT2D eigenvalue weighted by atomic mass is 10.1. The highest BCUT2D eigenvalue weighted by Crippen LogP contribution is 2.21. The number of aromatic nitrogens is 1. The van der Waals surface area contributed by atoms with Crippen molar-refractivity contribution in [2.75, 3.05) is 7.05 Å². The van der Waals surface area contributed by atoms with Crippen LogP contribution in [0.25, 0.3) is 0 Å². The fourth-order valence-electron chi connectivity index (χ4n) is 1.12. The van der Waals surface area contributed by atoms with E-state index in [1.54, 1.807) is 13.1 Å². The fourth-order valence-corrected chi connectivity index (χ4v) is 1.12. The molecule has 3 nitrogen and oxygen atoms in total. The monoisotopic (exact) mass is 166 g/mol. The molecule has 0 radical (unpaired) electrons. The Hall–Kier alpha value is -1.09. The number of nitrogens with one attached hydrogen (secondary N) is 1. The quantitative estimate of drug-likeness (QED) is 0.692. The molecular formula is C9H14N2O. The van der Waals surface area contributed by atoms with E-state index in [0.29, 0.717) is 11.4 Å².